The minimum absolute atomic E-state index is 0.225. The van der Waals surface area contributed by atoms with Crippen molar-refractivity contribution in [2.75, 3.05) is 20.8 Å². The molecule has 0 bridgehead atoms. The molecule has 0 aliphatic heterocycles. The molecule has 2 heterocycles. The van der Waals surface area contributed by atoms with Crippen LogP contribution < -0.4 is 15.0 Å². The van der Waals surface area contributed by atoms with Crippen LogP contribution >= 0.6 is 0 Å². The van der Waals surface area contributed by atoms with Gasteiger partial charge in [0.15, 0.2) is 0 Å². The predicted octanol–water partition coefficient (Wildman–Crippen LogP) is 2.25. The molecule has 0 fully saturated rings. The largest absolute Gasteiger partial charge is 0.496 e. The number of nitrogens with one attached hydrogen (secondary N) is 2. The van der Waals surface area contributed by atoms with Gasteiger partial charge in [-0.25, -0.2) is 5.48 Å². The van der Waals surface area contributed by atoms with E-state index in [0.717, 1.165) is 22.2 Å². The van der Waals surface area contributed by atoms with Gasteiger partial charge in [0, 0.05) is 41.6 Å². The van der Waals surface area contributed by atoms with E-state index in [9.17, 15) is 4.79 Å². The van der Waals surface area contributed by atoms with E-state index in [1.165, 1.54) is 6.92 Å². The van der Waals surface area contributed by atoms with Gasteiger partial charge in [0.25, 0.3) is 0 Å². The first-order chi connectivity index (χ1) is 12.6. The third-order valence-corrected chi connectivity index (χ3v) is 3.81. The number of hydrogen-bond acceptors (Lipinski definition) is 6. The number of amides is 1. The number of benzene rings is 1. The van der Waals surface area contributed by atoms with Gasteiger partial charge in [0.05, 0.1) is 26.5 Å². The molecule has 1 aromatic carbocycles. The summed E-state index contributed by atoms with van der Waals surface area (Å²) in [7, 11) is 3.17. The summed E-state index contributed by atoms with van der Waals surface area (Å²) in [5.74, 6) is 0.934. The molecular weight excluding hydrogens is 336 g/mol. The van der Waals surface area contributed by atoms with Crippen molar-refractivity contribution in [2.45, 2.75) is 13.3 Å². The first-order valence-electron chi connectivity index (χ1n) is 8.07. The zero-order valence-corrected chi connectivity index (χ0v) is 14.8. The third-order valence-electron chi connectivity index (χ3n) is 3.81. The van der Waals surface area contributed by atoms with Gasteiger partial charge in [0.2, 0.25) is 11.8 Å². The molecule has 0 saturated carbocycles. The minimum atomic E-state index is -0.225. The molecule has 8 nitrogen and oxygen atoms in total. The number of rotatable bonds is 7. The first kappa shape index (κ1) is 17.7. The van der Waals surface area contributed by atoms with Crippen LogP contribution in [0.3, 0.4) is 0 Å². The first-order valence-corrected chi connectivity index (χ1v) is 8.07. The zero-order valence-electron chi connectivity index (χ0n) is 14.8. The maximum atomic E-state index is 10.8. The van der Waals surface area contributed by atoms with Crippen LogP contribution in [0.1, 0.15) is 12.6 Å². The highest BCUT2D eigenvalue weighted by Crippen LogP contribution is 2.33. The van der Waals surface area contributed by atoms with E-state index in [4.69, 9.17) is 14.3 Å². The van der Waals surface area contributed by atoms with Crippen molar-refractivity contribution in [1.29, 1.82) is 0 Å². The number of hydroxylamine groups is 1. The highest BCUT2D eigenvalue weighted by atomic mass is 16.6. The summed E-state index contributed by atoms with van der Waals surface area (Å²) in [5.41, 5.74) is 5.77. The second kappa shape index (κ2) is 7.83. The molecule has 3 rings (SSSR count). The van der Waals surface area contributed by atoms with E-state index in [0.29, 0.717) is 30.4 Å². The summed E-state index contributed by atoms with van der Waals surface area (Å²) >= 11 is 0. The smallest absolute Gasteiger partial charge is 0.240 e. The lowest BCUT2D eigenvalue weighted by Crippen LogP contribution is -2.21. The average Bonchev–Trinajstić information content (AvgIpc) is 3.05. The Morgan fingerprint density at radius 2 is 2.00 bits per heavy atom. The fraction of sp³-hybridized carbons (Fsp3) is 0.278. The van der Waals surface area contributed by atoms with Crippen LogP contribution in [0.25, 0.3) is 22.2 Å². The van der Waals surface area contributed by atoms with E-state index < -0.39 is 0 Å². The van der Waals surface area contributed by atoms with Crippen LogP contribution in [0.15, 0.2) is 30.3 Å². The number of methoxy groups -OCH3 is 2. The highest BCUT2D eigenvalue weighted by Gasteiger charge is 2.12. The Hall–Kier alpha value is -3.13. The molecule has 0 radical (unpaired) electrons. The van der Waals surface area contributed by atoms with Crippen molar-refractivity contribution in [3.63, 3.8) is 0 Å². The lowest BCUT2D eigenvalue weighted by Gasteiger charge is -2.08. The minimum Gasteiger partial charge on any atom is -0.496 e. The number of fused-ring (bicyclic) bond motifs is 1. The number of hydrogen-bond donors (Lipinski definition) is 2. The molecule has 0 aliphatic carbocycles. The molecule has 0 spiro atoms. The fourth-order valence-corrected chi connectivity index (χ4v) is 2.61. The topological polar surface area (TPSA) is 98.4 Å². The molecule has 26 heavy (non-hydrogen) atoms. The number of aromatic amines is 1. The number of H-pyrrole nitrogens is 1. The molecular formula is C18H20N4O4. The lowest BCUT2D eigenvalue weighted by atomic mass is 10.1. The van der Waals surface area contributed by atoms with E-state index in [1.807, 2.05) is 24.3 Å². The molecule has 8 heteroatoms. The van der Waals surface area contributed by atoms with Crippen LogP contribution in [0.4, 0.5) is 0 Å². The molecule has 0 atom stereocenters. The van der Waals surface area contributed by atoms with Gasteiger partial charge in [-0.2, -0.15) is 0 Å². The van der Waals surface area contributed by atoms with Crippen LogP contribution in [-0.2, 0) is 16.1 Å². The van der Waals surface area contributed by atoms with Crippen LogP contribution in [0.5, 0.6) is 11.6 Å². The van der Waals surface area contributed by atoms with Crippen molar-refractivity contribution >= 4 is 16.8 Å². The van der Waals surface area contributed by atoms with Crippen molar-refractivity contribution in [3.8, 4) is 22.9 Å². The molecule has 1 amide bonds. The number of aromatic nitrogens is 3. The van der Waals surface area contributed by atoms with Gasteiger partial charge in [-0.15, -0.1) is 10.2 Å². The number of nitrogens with zero attached hydrogens (tertiary/aromatic N) is 2. The Morgan fingerprint density at radius 1 is 1.15 bits per heavy atom. The van der Waals surface area contributed by atoms with E-state index in [-0.39, 0.29) is 5.91 Å². The van der Waals surface area contributed by atoms with Crippen LogP contribution in [0, 0.1) is 0 Å². The van der Waals surface area contributed by atoms with Crippen LogP contribution in [0.2, 0.25) is 0 Å². The molecule has 0 unspecified atom stereocenters. The summed E-state index contributed by atoms with van der Waals surface area (Å²) in [6.07, 6.45) is 0.634. The van der Waals surface area contributed by atoms with Gasteiger partial charge < -0.3 is 14.5 Å². The predicted molar refractivity (Wildman–Crippen MR) is 95.9 cm³/mol. The molecule has 0 aliphatic rings. The van der Waals surface area contributed by atoms with Gasteiger partial charge in [-0.1, -0.05) is 0 Å². The maximum Gasteiger partial charge on any atom is 0.240 e. The van der Waals surface area contributed by atoms with Gasteiger partial charge in [-0.3, -0.25) is 9.63 Å². The SMILES string of the molecule is COc1ccc(-c2cc3[nH]c(CCONC(C)=O)cc3cc2OC)nn1. The Kier molecular flexibility index (Phi) is 5.33. The summed E-state index contributed by atoms with van der Waals surface area (Å²) < 4.78 is 10.6. The Labute approximate surface area is 150 Å². The summed E-state index contributed by atoms with van der Waals surface area (Å²) in [5, 5.41) is 9.21. The average molecular weight is 356 g/mol. The summed E-state index contributed by atoms with van der Waals surface area (Å²) in [6.45, 7) is 1.78. The van der Waals surface area contributed by atoms with Crippen molar-refractivity contribution < 1.29 is 19.1 Å². The second-order valence-corrected chi connectivity index (χ2v) is 5.65. The zero-order chi connectivity index (χ0) is 18.5. The van der Waals surface area contributed by atoms with E-state index >= 15 is 0 Å². The van der Waals surface area contributed by atoms with Crippen LogP contribution in [-0.4, -0.2) is 41.9 Å². The molecule has 2 aromatic heterocycles. The van der Waals surface area contributed by atoms with Gasteiger partial charge >= 0.3 is 0 Å². The van der Waals surface area contributed by atoms with Gasteiger partial charge in [0.1, 0.15) is 5.75 Å². The van der Waals surface area contributed by atoms with E-state index in [1.54, 1.807) is 20.3 Å². The number of ether oxygens (including phenoxy) is 2. The Bertz CT molecular complexity index is 905. The number of carbonyl (C=O) groups is 1. The monoisotopic (exact) mass is 356 g/mol. The van der Waals surface area contributed by atoms with Crippen molar-refractivity contribution in [2.24, 2.45) is 0 Å². The fourth-order valence-electron chi connectivity index (χ4n) is 2.61. The van der Waals surface area contributed by atoms with Crippen molar-refractivity contribution in [3.05, 3.63) is 36.0 Å². The van der Waals surface area contributed by atoms with Crippen molar-refractivity contribution in [1.82, 2.24) is 20.7 Å². The highest BCUT2D eigenvalue weighted by molar-refractivity contribution is 5.88. The Morgan fingerprint density at radius 3 is 2.65 bits per heavy atom. The third kappa shape index (κ3) is 3.92. The normalized spacial score (nSPS) is 10.7. The molecule has 3 aromatic rings. The second-order valence-electron chi connectivity index (χ2n) is 5.65. The lowest BCUT2D eigenvalue weighted by molar-refractivity contribution is -0.131. The molecule has 2 N–H and O–H groups in total. The maximum absolute atomic E-state index is 10.8. The standard InChI is InChI=1S/C18H20N4O4/c1-11(23)22-26-7-6-13-8-12-9-17(24-2)14(10-16(12)19-13)15-4-5-18(25-3)21-20-15/h4-5,8-10,19H,6-7H2,1-3H3,(H,22,23). The van der Waals surface area contributed by atoms with Gasteiger partial charge in [-0.05, 0) is 24.3 Å². The quantitative estimate of drug-likeness (QED) is 0.498. The van der Waals surface area contributed by atoms with E-state index in [2.05, 4.69) is 20.7 Å². The number of carbonyl (C=O) groups excluding carboxylic acids is 1. The molecule has 136 valence electrons. The summed E-state index contributed by atoms with van der Waals surface area (Å²) in [4.78, 5) is 19.2. The Balaban J connectivity index is 1.86. The molecule has 0 saturated heterocycles. The summed E-state index contributed by atoms with van der Waals surface area (Å²) in [6, 6.07) is 9.54.